The molecule has 0 amide bonds. The summed E-state index contributed by atoms with van der Waals surface area (Å²) in [5.41, 5.74) is 0. The molecule has 4 heteroatoms. The van der Waals surface area contributed by atoms with Gasteiger partial charge in [0.05, 0.1) is 11.8 Å². The molecule has 0 radical (unpaired) electrons. The average Bonchev–Trinajstić information content (AvgIpc) is 2.39. The molecular formula is C14H22O4. The van der Waals surface area contributed by atoms with Crippen molar-refractivity contribution in [3.8, 4) is 0 Å². The van der Waals surface area contributed by atoms with Crippen molar-refractivity contribution in [3.63, 3.8) is 0 Å². The molecule has 2 aliphatic carbocycles. The molecule has 0 aliphatic heterocycles. The quantitative estimate of drug-likeness (QED) is 0.812. The van der Waals surface area contributed by atoms with Crippen molar-refractivity contribution in [3.05, 3.63) is 0 Å². The summed E-state index contributed by atoms with van der Waals surface area (Å²) in [5.74, 6) is -0.887. The Kier molecular flexibility index (Phi) is 4.25. The number of carbonyl (C=O) groups is 2. The van der Waals surface area contributed by atoms with E-state index in [1.54, 1.807) is 0 Å². The first-order chi connectivity index (χ1) is 8.58. The van der Waals surface area contributed by atoms with Crippen molar-refractivity contribution in [2.75, 3.05) is 0 Å². The van der Waals surface area contributed by atoms with Crippen molar-refractivity contribution in [1.29, 1.82) is 0 Å². The van der Waals surface area contributed by atoms with Crippen molar-refractivity contribution < 1.29 is 19.8 Å². The van der Waals surface area contributed by atoms with Gasteiger partial charge in [-0.05, 0) is 37.5 Å². The molecule has 102 valence electrons. The van der Waals surface area contributed by atoms with Gasteiger partial charge in [-0.15, -0.1) is 0 Å². The Morgan fingerprint density at radius 1 is 0.722 bits per heavy atom. The van der Waals surface area contributed by atoms with Crippen LogP contribution in [0.5, 0.6) is 0 Å². The van der Waals surface area contributed by atoms with Crippen LogP contribution < -0.4 is 0 Å². The Hall–Kier alpha value is -1.06. The van der Waals surface area contributed by atoms with Crippen LogP contribution in [0.3, 0.4) is 0 Å². The zero-order valence-electron chi connectivity index (χ0n) is 10.7. The van der Waals surface area contributed by atoms with E-state index in [0.717, 1.165) is 51.4 Å². The maximum absolute atomic E-state index is 11.1. The number of hydrogen-bond acceptors (Lipinski definition) is 2. The Balaban J connectivity index is 1.94. The summed E-state index contributed by atoms with van der Waals surface area (Å²) < 4.78 is 0. The van der Waals surface area contributed by atoms with Gasteiger partial charge in [0.25, 0.3) is 0 Å². The summed E-state index contributed by atoms with van der Waals surface area (Å²) in [6.45, 7) is 0. The maximum Gasteiger partial charge on any atom is 0.306 e. The van der Waals surface area contributed by atoms with Gasteiger partial charge in [-0.1, -0.05) is 25.7 Å². The van der Waals surface area contributed by atoms with Gasteiger partial charge < -0.3 is 10.2 Å². The maximum atomic E-state index is 11.1. The van der Waals surface area contributed by atoms with Gasteiger partial charge in [0, 0.05) is 0 Å². The molecule has 0 aromatic heterocycles. The topological polar surface area (TPSA) is 74.6 Å². The van der Waals surface area contributed by atoms with E-state index in [1.165, 1.54) is 0 Å². The zero-order chi connectivity index (χ0) is 13.1. The number of aliphatic carboxylic acids is 2. The summed E-state index contributed by atoms with van der Waals surface area (Å²) in [6.07, 6.45) is 7.23. The smallest absolute Gasteiger partial charge is 0.306 e. The molecule has 18 heavy (non-hydrogen) atoms. The third-order valence-corrected chi connectivity index (χ3v) is 4.79. The standard InChI is InChI=1S/C14H22O4/c15-13(16)11-5-1-3-9(7-11)10-4-2-6-12(8-10)14(17)18/h9-12H,1-8H2,(H,15,16)(H,17,18)/t9-,10+,11+,12-. The van der Waals surface area contributed by atoms with Gasteiger partial charge in [-0.3, -0.25) is 9.59 Å². The summed E-state index contributed by atoms with van der Waals surface area (Å²) >= 11 is 0. The molecule has 4 atom stereocenters. The van der Waals surface area contributed by atoms with Crippen LogP contribution in [0.1, 0.15) is 51.4 Å². The lowest BCUT2D eigenvalue weighted by Crippen LogP contribution is -2.31. The molecular weight excluding hydrogens is 232 g/mol. The van der Waals surface area contributed by atoms with Crippen molar-refractivity contribution in [1.82, 2.24) is 0 Å². The molecule has 0 saturated heterocycles. The van der Waals surface area contributed by atoms with Crippen LogP contribution in [0, 0.1) is 23.7 Å². The first-order valence-electron chi connectivity index (χ1n) is 7.03. The summed E-state index contributed by atoms with van der Waals surface area (Å²) in [7, 11) is 0. The van der Waals surface area contributed by atoms with Crippen molar-refractivity contribution in [2.24, 2.45) is 23.7 Å². The number of rotatable bonds is 3. The fourth-order valence-corrected chi connectivity index (χ4v) is 3.76. The average molecular weight is 254 g/mol. The molecule has 4 nitrogen and oxygen atoms in total. The fraction of sp³-hybridized carbons (Fsp3) is 0.857. The highest BCUT2D eigenvalue weighted by atomic mass is 16.4. The van der Waals surface area contributed by atoms with Crippen LogP contribution in [0.4, 0.5) is 0 Å². The summed E-state index contributed by atoms with van der Waals surface area (Å²) in [6, 6.07) is 0. The molecule has 0 unspecified atom stereocenters. The Labute approximate surface area is 107 Å². The number of carboxylic acid groups (broad SMARTS) is 2. The van der Waals surface area contributed by atoms with E-state index in [-0.39, 0.29) is 11.8 Å². The minimum absolute atomic E-state index is 0.200. The molecule has 2 rings (SSSR count). The molecule has 2 N–H and O–H groups in total. The molecule has 0 bridgehead atoms. The zero-order valence-corrected chi connectivity index (χ0v) is 10.7. The third kappa shape index (κ3) is 3.03. The second-order valence-corrected chi connectivity index (χ2v) is 5.92. The monoisotopic (exact) mass is 254 g/mol. The van der Waals surface area contributed by atoms with Crippen LogP contribution in [0.2, 0.25) is 0 Å². The lowest BCUT2D eigenvalue weighted by Gasteiger charge is -2.37. The van der Waals surface area contributed by atoms with E-state index < -0.39 is 11.9 Å². The predicted molar refractivity (Wildman–Crippen MR) is 66.2 cm³/mol. The van der Waals surface area contributed by atoms with E-state index >= 15 is 0 Å². The SMILES string of the molecule is O=C(O)[C@@H]1CCC[C@H]([C@@H]2CCC[C@H](C(=O)O)C2)C1. The van der Waals surface area contributed by atoms with Crippen LogP contribution in [-0.2, 0) is 9.59 Å². The highest BCUT2D eigenvalue weighted by Crippen LogP contribution is 2.42. The van der Waals surface area contributed by atoms with Gasteiger partial charge in [0.15, 0.2) is 0 Å². The minimum Gasteiger partial charge on any atom is -0.481 e. The van der Waals surface area contributed by atoms with E-state index in [4.69, 9.17) is 10.2 Å². The van der Waals surface area contributed by atoms with Crippen molar-refractivity contribution >= 4 is 11.9 Å². The van der Waals surface area contributed by atoms with E-state index in [0.29, 0.717) is 11.8 Å². The first kappa shape index (κ1) is 13.4. The third-order valence-electron chi connectivity index (χ3n) is 4.79. The van der Waals surface area contributed by atoms with Gasteiger partial charge in [0.1, 0.15) is 0 Å². The Bertz CT molecular complexity index is 294. The predicted octanol–water partition coefficient (Wildman–Crippen LogP) is 2.77. The largest absolute Gasteiger partial charge is 0.481 e. The van der Waals surface area contributed by atoms with Crippen LogP contribution in [-0.4, -0.2) is 22.2 Å². The lowest BCUT2D eigenvalue weighted by molar-refractivity contribution is -0.146. The molecule has 2 fully saturated rings. The minimum atomic E-state index is -0.676. The highest BCUT2D eigenvalue weighted by molar-refractivity contribution is 5.70. The normalized spacial score (nSPS) is 37.1. The van der Waals surface area contributed by atoms with E-state index in [2.05, 4.69) is 0 Å². The second kappa shape index (κ2) is 5.72. The van der Waals surface area contributed by atoms with E-state index in [1.807, 2.05) is 0 Å². The van der Waals surface area contributed by atoms with Crippen LogP contribution in [0.15, 0.2) is 0 Å². The fourth-order valence-electron chi connectivity index (χ4n) is 3.76. The van der Waals surface area contributed by atoms with Gasteiger partial charge in [-0.2, -0.15) is 0 Å². The van der Waals surface area contributed by atoms with Crippen LogP contribution in [0.25, 0.3) is 0 Å². The summed E-state index contributed by atoms with van der Waals surface area (Å²) in [4.78, 5) is 22.1. The van der Waals surface area contributed by atoms with Gasteiger partial charge in [0.2, 0.25) is 0 Å². The van der Waals surface area contributed by atoms with Gasteiger partial charge >= 0.3 is 11.9 Å². The Morgan fingerprint density at radius 2 is 1.11 bits per heavy atom. The molecule has 0 aromatic rings. The molecule has 0 spiro atoms. The molecule has 0 heterocycles. The molecule has 2 aliphatic rings. The highest BCUT2D eigenvalue weighted by Gasteiger charge is 2.35. The first-order valence-corrected chi connectivity index (χ1v) is 7.03. The lowest BCUT2D eigenvalue weighted by atomic mass is 9.68. The molecule has 2 saturated carbocycles. The number of carboxylic acids is 2. The summed E-state index contributed by atoms with van der Waals surface area (Å²) in [5, 5.41) is 18.2. The Morgan fingerprint density at radius 3 is 1.44 bits per heavy atom. The molecule has 0 aromatic carbocycles. The van der Waals surface area contributed by atoms with Gasteiger partial charge in [-0.25, -0.2) is 0 Å². The van der Waals surface area contributed by atoms with Crippen LogP contribution >= 0.6 is 0 Å². The van der Waals surface area contributed by atoms with Crippen molar-refractivity contribution in [2.45, 2.75) is 51.4 Å². The van der Waals surface area contributed by atoms with E-state index in [9.17, 15) is 9.59 Å². The second-order valence-electron chi connectivity index (χ2n) is 5.92. The number of hydrogen-bond donors (Lipinski definition) is 2.